The van der Waals surface area contributed by atoms with Gasteiger partial charge in [-0.25, -0.2) is 13.6 Å². The minimum atomic E-state index is -3.65. The van der Waals surface area contributed by atoms with E-state index in [1.165, 1.54) is 25.3 Å². The predicted octanol–water partition coefficient (Wildman–Crippen LogP) is 2.85. The quantitative estimate of drug-likeness (QED) is 0.402. The first-order valence-electron chi connectivity index (χ1n) is 7.25. The highest BCUT2D eigenvalue weighted by atomic mass is 79.9. The fourth-order valence-electron chi connectivity index (χ4n) is 1.82. The molecule has 2 N–H and O–H groups in total. The van der Waals surface area contributed by atoms with Gasteiger partial charge in [0.05, 0.1) is 4.90 Å². The Hall–Kier alpha value is -0.870. The molecule has 0 aromatic heterocycles. The van der Waals surface area contributed by atoms with Crippen molar-refractivity contribution in [1.82, 2.24) is 0 Å². The zero-order valence-corrected chi connectivity index (χ0v) is 15.0. The summed E-state index contributed by atoms with van der Waals surface area (Å²) in [5.74, 6) is 5.91. The first-order chi connectivity index (χ1) is 10.5. The fourth-order valence-corrected chi connectivity index (χ4v) is 2.80. The SMILES string of the molecule is NS(=O)(=O)c1cccc(CC#CCOCCCCCCBr)c1. The number of primary sulfonamides is 1. The highest BCUT2D eigenvalue weighted by Gasteiger charge is 2.06. The molecule has 1 aromatic rings. The normalized spacial score (nSPS) is 11.0. The van der Waals surface area contributed by atoms with Crippen LogP contribution in [0, 0.1) is 11.8 Å². The van der Waals surface area contributed by atoms with E-state index in [2.05, 4.69) is 27.8 Å². The van der Waals surface area contributed by atoms with Gasteiger partial charge in [0.25, 0.3) is 0 Å². The average Bonchev–Trinajstić information content (AvgIpc) is 2.49. The number of sulfonamides is 1. The van der Waals surface area contributed by atoms with E-state index in [1.807, 2.05) is 6.07 Å². The minimum Gasteiger partial charge on any atom is -0.369 e. The Kier molecular flexibility index (Phi) is 9.41. The van der Waals surface area contributed by atoms with Crippen LogP contribution in [0.25, 0.3) is 0 Å². The van der Waals surface area contributed by atoms with E-state index in [1.54, 1.807) is 12.1 Å². The molecule has 0 aliphatic heterocycles. The molecule has 0 heterocycles. The Morgan fingerprint density at radius 1 is 1.14 bits per heavy atom. The summed E-state index contributed by atoms with van der Waals surface area (Å²) in [6.07, 6.45) is 5.15. The lowest BCUT2D eigenvalue weighted by Gasteiger charge is -2.00. The number of alkyl halides is 1. The molecule has 1 aromatic carbocycles. The smallest absolute Gasteiger partial charge is 0.238 e. The summed E-state index contributed by atoms with van der Waals surface area (Å²) < 4.78 is 27.9. The van der Waals surface area contributed by atoms with Crippen LogP contribution < -0.4 is 5.14 Å². The van der Waals surface area contributed by atoms with E-state index in [0.29, 0.717) is 13.0 Å². The predicted molar refractivity (Wildman–Crippen MR) is 92.4 cm³/mol. The third kappa shape index (κ3) is 8.54. The molecule has 0 amide bonds. The van der Waals surface area contributed by atoms with Crippen molar-refractivity contribution in [3.05, 3.63) is 29.8 Å². The molecule has 6 heteroatoms. The van der Waals surface area contributed by atoms with Crippen molar-refractivity contribution in [3.63, 3.8) is 0 Å². The second kappa shape index (κ2) is 10.8. The van der Waals surface area contributed by atoms with Crippen molar-refractivity contribution < 1.29 is 13.2 Å². The van der Waals surface area contributed by atoms with E-state index in [4.69, 9.17) is 9.88 Å². The Bertz CT molecular complexity index is 605. The number of unbranched alkanes of at least 4 members (excludes halogenated alkanes) is 3. The summed E-state index contributed by atoms with van der Waals surface area (Å²) in [6, 6.07) is 6.52. The summed E-state index contributed by atoms with van der Waals surface area (Å²) in [6.45, 7) is 1.14. The van der Waals surface area contributed by atoms with Crippen molar-refractivity contribution in [2.45, 2.75) is 37.0 Å². The lowest BCUT2D eigenvalue weighted by atomic mass is 10.2. The molecular weight excluding hydrogens is 366 g/mol. The number of halogens is 1. The molecule has 0 aliphatic carbocycles. The summed E-state index contributed by atoms with van der Waals surface area (Å²) in [7, 11) is -3.65. The molecule has 0 bridgehead atoms. The molecule has 0 radical (unpaired) electrons. The molecule has 0 atom stereocenters. The Morgan fingerprint density at radius 2 is 1.91 bits per heavy atom. The van der Waals surface area contributed by atoms with E-state index in [-0.39, 0.29) is 4.90 Å². The van der Waals surface area contributed by atoms with E-state index in [0.717, 1.165) is 23.9 Å². The second-order valence-corrected chi connectivity index (χ2v) is 7.23. The molecule has 4 nitrogen and oxygen atoms in total. The van der Waals surface area contributed by atoms with Gasteiger partial charge in [0, 0.05) is 18.4 Å². The second-order valence-electron chi connectivity index (χ2n) is 4.88. The van der Waals surface area contributed by atoms with Crippen molar-refractivity contribution >= 4 is 26.0 Å². The fraction of sp³-hybridized carbons (Fsp3) is 0.500. The molecular formula is C16H22BrNO3S. The average molecular weight is 388 g/mol. The van der Waals surface area contributed by atoms with Gasteiger partial charge in [0.15, 0.2) is 0 Å². The Morgan fingerprint density at radius 3 is 2.64 bits per heavy atom. The third-order valence-electron chi connectivity index (χ3n) is 2.99. The lowest BCUT2D eigenvalue weighted by Crippen LogP contribution is -2.12. The van der Waals surface area contributed by atoms with Gasteiger partial charge < -0.3 is 4.74 Å². The van der Waals surface area contributed by atoms with Gasteiger partial charge in [0.1, 0.15) is 6.61 Å². The number of hydrogen-bond acceptors (Lipinski definition) is 3. The zero-order valence-electron chi connectivity index (χ0n) is 12.6. The highest BCUT2D eigenvalue weighted by Crippen LogP contribution is 2.09. The van der Waals surface area contributed by atoms with Crippen LogP contribution in [0.2, 0.25) is 0 Å². The number of nitrogens with two attached hydrogens (primary N) is 1. The van der Waals surface area contributed by atoms with E-state index in [9.17, 15) is 8.42 Å². The maximum absolute atomic E-state index is 11.2. The minimum absolute atomic E-state index is 0.117. The van der Waals surface area contributed by atoms with Crippen LogP contribution in [0.15, 0.2) is 29.2 Å². The van der Waals surface area contributed by atoms with Crippen molar-refractivity contribution in [2.24, 2.45) is 5.14 Å². The van der Waals surface area contributed by atoms with Gasteiger partial charge >= 0.3 is 0 Å². The molecule has 0 spiro atoms. The van der Waals surface area contributed by atoms with Gasteiger partial charge in [-0.15, -0.1) is 0 Å². The van der Waals surface area contributed by atoms with Gasteiger partial charge in [-0.1, -0.05) is 52.7 Å². The van der Waals surface area contributed by atoms with Crippen LogP contribution in [0.1, 0.15) is 31.2 Å². The number of benzene rings is 1. The molecule has 0 fully saturated rings. The summed E-state index contributed by atoms with van der Waals surface area (Å²) >= 11 is 3.41. The van der Waals surface area contributed by atoms with Crippen molar-refractivity contribution in [1.29, 1.82) is 0 Å². The first-order valence-corrected chi connectivity index (χ1v) is 9.92. The van der Waals surface area contributed by atoms with Crippen LogP contribution in [-0.2, 0) is 21.2 Å². The van der Waals surface area contributed by atoms with E-state index >= 15 is 0 Å². The van der Waals surface area contributed by atoms with Crippen LogP contribution in [-0.4, -0.2) is 27.0 Å². The number of ether oxygens (including phenoxy) is 1. The summed E-state index contributed by atoms with van der Waals surface area (Å²) in [4.78, 5) is 0.117. The zero-order chi connectivity index (χ0) is 16.3. The Balaban J connectivity index is 2.25. The van der Waals surface area contributed by atoms with Gasteiger partial charge in [-0.2, -0.15) is 0 Å². The van der Waals surface area contributed by atoms with Crippen molar-refractivity contribution in [3.8, 4) is 11.8 Å². The number of hydrogen-bond donors (Lipinski definition) is 1. The largest absolute Gasteiger partial charge is 0.369 e. The van der Waals surface area contributed by atoms with Gasteiger partial charge in [0.2, 0.25) is 10.0 Å². The number of rotatable bonds is 9. The standard InChI is InChI=1S/C16H22BrNO3S/c17-11-4-1-2-5-12-21-13-6-3-8-15-9-7-10-16(14-15)22(18,19)20/h7,9-10,14H,1-2,4-5,8,11-13H2,(H2,18,19,20). The lowest BCUT2D eigenvalue weighted by molar-refractivity contribution is 0.162. The summed E-state index contributed by atoms with van der Waals surface area (Å²) in [5, 5.41) is 6.15. The van der Waals surface area contributed by atoms with Crippen molar-refractivity contribution in [2.75, 3.05) is 18.5 Å². The molecule has 0 saturated heterocycles. The monoisotopic (exact) mass is 387 g/mol. The van der Waals surface area contributed by atoms with E-state index < -0.39 is 10.0 Å². The Labute approximate surface area is 141 Å². The first kappa shape index (κ1) is 19.2. The molecule has 22 heavy (non-hydrogen) atoms. The van der Waals surface area contributed by atoms with Gasteiger partial charge in [-0.05, 0) is 30.5 Å². The highest BCUT2D eigenvalue weighted by molar-refractivity contribution is 9.09. The topological polar surface area (TPSA) is 69.4 Å². The van der Waals surface area contributed by atoms with Crippen LogP contribution in [0.5, 0.6) is 0 Å². The summed E-state index contributed by atoms with van der Waals surface area (Å²) in [5.41, 5.74) is 0.828. The van der Waals surface area contributed by atoms with Crippen LogP contribution in [0.4, 0.5) is 0 Å². The van der Waals surface area contributed by atoms with Crippen LogP contribution in [0.3, 0.4) is 0 Å². The molecule has 0 unspecified atom stereocenters. The third-order valence-corrected chi connectivity index (χ3v) is 4.46. The molecule has 0 saturated carbocycles. The maximum atomic E-state index is 11.2. The van der Waals surface area contributed by atoms with Gasteiger partial charge in [-0.3, -0.25) is 0 Å². The molecule has 0 aliphatic rings. The molecule has 1 rings (SSSR count). The maximum Gasteiger partial charge on any atom is 0.238 e. The van der Waals surface area contributed by atoms with Crippen LogP contribution >= 0.6 is 15.9 Å². The molecule has 122 valence electrons.